The van der Waals surface area contributed by atoms with Crippen LogP contribution in [0.5, 0.6) is 0 Å². The summed E-state index contributed by atoms with van der Waals surface area (Å²) in [6, 6.07) is 0. The minimum Gasteiger partial charge on any atom is -0.394 e. The summed E-state index contributed by atoms with van der Waals surface area (Å²) in [5.41, 5.74) is 5.37. The van der Waals surface area contributed by atoms with Gasteiger partial charge in [-0.25, -0.2) is 0 Å². The molecule has 0 spiro atoms. The Morgan fingerprint density at radius 2 is 1.87 bits per heavy atom. The van der Waals surface area contributed by atoms with Crippen LogP contribution in [-0.2, 0) is 14.3 Å². The first-order valence-corrected chi connectivity index (χ1v) is 7.90. The van der Waals surface area contributed by atoms with Gasteiger partial charge in [-0.15, -0.1) is 0 Å². The average Bonchev–Trinajstić information content (AvgIpc) is 2.55. The van der Waals surface area contributed by atoms with Crippen LogP contribution in [0.3, 0.4) is 0 Å². The molecule has 0 aromatic heterocycles. The van der Waals surface area contributed by atoms with E-state index in [0.29, 0.717) is 13.0 Å². The maximum atomic E-state index is 11.5. The van der Waals surface area contributed by atoms with Gasteiger partial charge in [0.1, 0.15) is 24.4 Å². The SMILES string of the molecule is NCCCCCC(=O)NCCO[C@H]1O[C@H](CO)[C@@H](O)[C@H](O)[C@H]1O. The number of hydrogen-bond donors (Lipinski definition) is 6. The number of nitrogens with two attached hydrogens (primary N) is 1. The number of hydrogen-bond acceptors (Lipinski definition) is 8. The molecule has 1 aliphatic rings. The third-order valence-corrected chi connectivity index (χ3v) is 3.66. The largest absolute Gasteiger partial charge is 0.394 e. The van der Waals surface area contributed by atoms with Crippen LogP contribution >= 0.6 is 0 Å². The molecule has 1 fully saturated rings. The van der Waals surface area contributed by atoms with Crippen molar-refractivity contribution in [2.24, 2.45) is 5.73 Å². The minimum atomic E-state index is -1.47. The van der Waals surface area contributed by atoms with E-state index < -0.39 is 37.3 Å². The van der Waals surface area contributed by atoms with Crippen molar-refractivity contribution in [3.05, 3.63) is 0 Å². The summed E-state index contributed by atoms with van der Waals surface area (Å²) in [5, 5.41) is 40.7. The van der Waals surface area contributed by atoms with Crippen LogP contribution in [0, 0.1) is 0 Å². The van der Waals surface area contributed by atoms with Gasteiger partial charge in [0.15, 0.2) is 6.29 Å². The molecule has 9 nitrogen and oxygen atoms in total. The second-order valence-corrected chi connectivity index (χ2v) is 5.52. The number of ether oxygens (including phenoxy) is 2. The molecule has 0 aliphatic carbocycles. The van der Waals surface area contributed by atoms with E-state index >= 15 is 0 Å². The van der Waals surface area contributed by atoms with Crippen LogP contribution in [0.15, 0.2) is 0 Å². The van der Waals surface area contributed by atoms with Crippen LogP contribution in [0.1, 0.15) is 25.7 Å². The number of aliphatic hydroxyl groups is 4. The Kier molecular flexibility index (Phi) is 9.56. The molecule has 1 rings (SSSR count). The van der Waals surface area contributed by atoms with E-state index in [1.54, 1.807) is 0 Å². The van der Waals surface area contributed by atoms with Gasteiger partial charge in [0.25, 0.3) is 0 Å². The molecule has 23 heavy (non-hydrogen) atoms. The number of unbranched alkanes of at least 4 members (excludes halogenated alkanes) is 2. The van der Waals surface area contributed by atoms with E-state index in [-0.39, 0.29) is 19.1 Å². The number of carbonyl (C=O) groups is 1. The monoisotopic (exact) mass is 336 g/mol. The average molecular weight is 336 g/mol. The van der Waals surface area contributed by atoms with Crippen LogP contribution in [0.4, 0.5) is 0 Å². The molecule has 1 heterocycles. The van der Waals surface area contributed by atoms with Gasteiger partial charge in [-0.3, -0.25) is 4.79 Å². The van der Waals surface area contributed by atoms with Gasteiger partial charge in [-0.2, -0.15) is 0 Å². The van der Waals surface area contributed by atoms with Crippen molar-refractivity contribution in [1.82, 2.24) is 5.32 Å². The van der Waals surface area contributed by atoms with Crippen molar-refractivity contribution >= 4 is 5.91 Å². The molecule has 0 saturated carbocycles. The molecule has 7 N–H and O–H groups in total. The summed E-state index contributed by atoms with van der Waals surface area (Å²) in [6.07, 6.45) is -3.50. The molecule has 0 aromatic rings. The molecular weight excluding hydrogens is 308 g/mol. The van der Waals surface area contributed by atoms with E-state index in [1.807, 2.05) is 0 Å². The Morgan fingerprint density at radius 3 is 2.52 bits per heavy atom. The lowest BCUT2D eigenvalue weighted by Gasteiger charge is -2.39. The highest BCUT2D eigenvalue weighted by atomic mass is 16.7. The van der Waals surface area contributed by atoms with Gasteiger partial charge in [-0.05, 0) is 19.4 Å². The van der Waals surface area contributed by atoms with Gasteiger partial charge >= 0.3 is 0 Å². The lowest BCUT2D eigenvalue weighted by Crippen LogP contribution is -2.59. The Labute approximate surface area is 135 Å². The minimum absolute atomic E-state index is 0.0667. The second kappa shape index (κ2) is 10.9. The first kappa shape index (κ1) is 20.2. The van der Waals surface area contributed by atoms with Crippen molar-refractivity contribution in [3.8, 4) is 0 Å². The fourth-order valence-electron chi connectivity index (χ4n) is 2.27. The van der Waals surface area contributed by atoms with Gasteiger partial charge in [0.05, 0.1) is 13.2 Å². The maximum Gasteiger partial charge on any atom is 0.220 e. The number of aliphatic hydroxyl groups excluding tert-OH is 4. The zero-order valence-electron chi connectivity index (χ0n) is 13.1. The van der Waals surface area contributed by atoms with Crippen molar-refractivity contribution in [2.75, 3.05) is 26.3 Å². The Bertz CT molecular complexity index is 343. The van der Waals surface area contributed by atoms with Crippen molar-refractivity contribution in [2.45, 2.75) is 56.4 Å². The smallest absolute Gasteiger partial charge is 0.220 e. The normalized spacial score (nSPS) is 31.1. The predicted octanol–water partition coefficient (Wildman–Crippen LogP) is -2.56. The molecule has 0 radical (unpaired) electrons. The van der Waals surface area contributed by atoms with Gasteiger partial charge in [0.2, 0.25) is 5.91 Å². The summed E-state index contributed by atoms with van der Waals surface area (Å²) in [4.78, 5) is 11.5. The predicted molar refractivity (Wildman–Crippen MR) is 80.3 cm³/mol. The van der Waals surface area contributed by atoms with Crippen molar-refractivity contribution in [3.63, 3.8) is 0 Å². The third-order valence-electron chi connectivity index (χ3n) is 3.66. The number of rotatable bonds is 10. The molecule has 0 aromatic carbocycles. The van der Waals surface area contributed by atoms with Gasteiger partial charge in [-0.1, -0.05) is 6.42 Å². The number of carbonyl (C=O) groups excluding carboxylic acids is 1. The highest BCUT2D eigenvalue weighted by Gasteiger charge is 2.43. The summed E-state index contributed by atoms with van der Waals surface area (Å²) in [5.74, 6) is -0.0978. The number of nitrogens with one attached hydrogen (secondary N) is 1. The summed E-state index contributed by atoms with van der Waals surface area (Å²) in [7, 11) is 0. The molecule has 1 aliphatic heterocycles. The van der Waals surface area contributed by atoms with Crippen molar-refractivity contribution < 1.29 is 34.7 Å². The maximum absolute atomic E-state index is 11.5. The first-order valence-electron chi connectivity index (χ1n) is 7.90. The Hall–Kier alpha value is -0.810. The standard InChI is InChI=1S/C14H28N2O7/c15-5-3-1-2-4-10(18)16-6-7-22-14-13(21)12(20)11(19)9(8-17)23-14/h9,11-14,17,19-21H,1-8,15H2,(H,16,18)/t9-,11-,12+,13-,14+/m1/s1. The fraction of sp³-hybridized carbons (Fsp3) is 0.929. The zero-order chi connectivity index (χ0) is 17.2. The van der Waals surface area contributed by atoms with E-state index in [0.717, 1.165) is 19.3 Å². The molecule has 1 amide bonds. The zero-order valence-corrected chi connectivity index (χ0v) is 13.1. The van der Waals surface area contributed by atoms with Gasteiger partial charge < -0.3 is 41.0 Å². The van der Waals surface area contributed by atoms with Gasteiger partial charge in [0, 0.05) is 13.0 Å². The first-order chi connectivity index (χ1) is 11.0. The summed E-state index contributed by atoms with van der Waals surface area (Å²) in [6.45, 7) is 0.404. The Morgan fingerprint density at radius 1 is 1.13 bits per heavy atom. The van der Waals surface area contributed by atoms with E-state index in [1.165, 1.54) is 0 Å². The third kappa shape index (κ3) is 6.68. The molecule has 1 saturated heterocycles. The van der Waals surface area contributed by atoms with E-state index in [2.05, 4.69) is 5.32 Å². The molecular formula is C14H28N2O7. The molecule has 0 bridgehead atoms. The van der Waals surface area contributed by atoms with E-state index in [9.17, 15) is 20.1 Å². The van der Waals surface area contributed by atoms with Crippen LogP contribution in [0.2, 0.25) is 0 Å². The lowest BCUT2D eigenvalue weighted by molar-refractivity contribution is -0.300. The summed E-state index contributed by atoms with van der Waals surface area (Å²) >= 11 is 0. The van der Waals surface area contributed by atoms with Crippen molar-refractivity contribution in [1.29, 1.82) is 0 Å². The lowest BCUT2D eigenvalue weighted by atomic mass is 9.99. The summed E-state index contributed by atoms with van der Waals surface area (Å²) < 4.78 is 10.4. The molecule has 136 valence electrons. The van der Waals surface area contributed by atoms with Crippen LogP contribution in [0.25, 0.3) is 0 Å². The Balaban J connectivity index is 2.20. The highest BCUT2D eigenvalue weighted by Crippen LogP contribution is 2.21. The fourth-order valence-corrected chi connectivity index (χ4v) is 2.27. The molecule has 0 unspecified atom stereocenters. The number of amides is 1. The highest BCUT2D eigenvalue weighted by molar-refractivity contribution is 5.75. The second-order valence-electron chi connectivity index (χ2n) is 5.52. The quantitative estimate of drug-likeness (QED) is 0.238. The topological polar surface area (TPSA) is 154 Å². The molecule has 9 heteroatoms. The van der Waals surface area contributed by atoms with E-state index in [4.69, 9.17) is 20.3 Å². The van der Waals surface area contributed by atoms with Crippen LogP contribution in [-0.4, -0.2) is 83.3 Å². The van der Waals surface area contributed by atoms with Crippen LogP contribution < -0.4 is 11.1 Å². The molecule has 5 atom stereocenters.